The zero-order valence-corrected chi connectivity index (χ0v) is 14.9. The lowest BCUT2D eigenvalue weighted by atomic mass is 9.97. The number of fused-ring (bicyclic) bond motifs is 2. The van der Waals surface area contributed by atoms with Gasteiger partial charge in [0.15, 0.2) is 0 Å². The molecule has 0 radical (unpaired) electrons. The van der Waals surface area contributed by atoms with Gasteiger partial charge in [-0.05, 0) is 60.7 Å². The lowest BCUT2D eigenvalue weighted by Crippen LogP contribution is -1.94. The lowest BCUT2D eigenvalue weighted by Gasteiger charge is -2.09. The monoisotopic (exact) mass is 359 g/mol. The lowest BCUT2D eigenvalue weighted by molar-refractivity contribution is 0.658. The molecule has 0 saturated carbocycles. The Labute approximate surface area is 155 Å². The predicted octanol–water partition coefficient (Wildman–Crippen LogP) is 4.07. The smallest absolute Gasteiger partial charge is 0.119 e. The minimum absolute atomic E-state index is 0.906. The molecule has 0 bridgehead atoms. The molecule has 0 saturated heterocycles. The first-order valence-corrected chi connectivity index (χ1v) is 9.50. The molecule has 128 valence electrons. The van der Waals surface area contributed by atoms with Crippen LogP contribution in [0.2, 0.25) is 0 Å². The summed E-state index contributed by atoms with van der Waals surface area (Å²) in [6, 6.07) is 14.2. The number of aromatic nitrogens is 4. The van der Waals surface area contributed by atoms with E-state index in [9.17, 15) is 0 Å². The van der Waals surface area contributed by atoms with E-state index in [2.05, 4.69) is 26.8 Å². The van der Waals surface area contributed by atoms with Gasteiger partial charge in [-0.15, -0.1) is 0 Å². The van der Waals surface area contributed by atoms with E-state index in [0.29, 0.717) is 0 Å². The molecule has 0 fully saturated rings. The Morgan fingerprint density at radius 3 is 2.85 bits per heavy atom. The maximum atomic E-state index is 5.71. The molecule has 4 heterocycles. The van der Waals surface area contributed by atoms with E-state index in [4.69, 9.17) is 10.2 Å². The van der Waals surface area contributed by atoms with Gasteiger partial charge in [-0.25, -0.2) is 0 Å². The third-order valence-electron chi connectivity index (χ3n) is 4.87. The van der Waals surface area contributed by atoms with E-state index in [0.717, 1.165) is 52.1 Å². The third kappa shape index (κ3) is 2.41. The summed E-state index contributed by atoms with van der Waals surface area (Å²) in [7, 11) is 0. The number of benzene rings is 1. The minimum atomic E-state index is 0.906. The van der Waals surface area contributed by atoms with Crippen LogP contribution in [0.3, 0.4) is 0 Å². The van der Waals surface area contributed by atoms with Crippen LogP contribution in [0.5, 0.6) is 0 Å². The number of pyridine rings is 2. The fraction of sp³-hybridized carbons (Fsp3) is 0.150. The minimum Gasteiger partial charge on any atom is -0.274 e. The Kier molecular flexibility index (Phi) is 3.72. The molecule has 6 heteroatoms. The molecule has 2 N–H and O–H groups in total. The molecule has 0 atom stereocenters. The van der Waals surface area contributed by atoms with Crippen LogP contribution < -0.4 is 5.14 Å². The van der Waals surface area contributed by atoms with Crippen LogP contribution >= 0.6 is 11.9 Å². The van der Waals surface area contributed by atoms with Crippen molar-refractivity contribution in [1.82, 2.24) is 19.7 Å². The number of nitrogens with two attached hydrogens (primary N) is 1. The molecule has 4 aromatic rings. The predicted molar refractivity (Wildman–Crippen MR) is 105 cm³/mol. The number of hydrogen-bond acceptors (Lipinski definition) is 5. The zero-order chi connectivity index (χ0) is 17.5. The first-order valence-electron chi connectivity index (χ1n) is 8.62. The highest BCUT2D eigenvalue weighted by Gasteiger charge is 2.25. The summed E-state index contributed by atoms with van der Waals surface area (Å²) in [6.07, 6.45) is 5.85. The Morgan fingerprint density at radius 1 is 1.04 bits per heavy atom. The fourth-order valence-electron chi connectivity index (χ4n) is 3.72. The molecule has 1 aliphatic heterocycles. The van der Waals surface area contributed by atoms with E-state index >= 15 is 0 Å². The highest BCUT2D eigenvalue weighted by molar-refractivity contribution is 7.97. The van der Waals surface area contributed by atoms with E-state index < -0.39 is 0 Å². The average Bonchev–Trinajstić information content (AvgIpc) is 3.29. The summed E-state index contributed by atoms with van der Waals surface area (Å²) in [5.41, 5.74) is 6.43. The van der Waals surface area contributed by atoms with Crippen molar-refractivity contribution in [3.05, 3.63) is 60.6 Å². The van der Waals surface area contributed by atoms with Gasteiger partial charge in [-0.2, -0.15) is 5.10 Å². The van der Waals surface area contributed by atoms with Crippen LogP contribution in [0.4, 0.5) is 0 Å². The number of rotatable bonds is 3. The molecular weight excluding hydrogens is 342 g/mol. The molecule has 0 aliphatic carbocycles. The van der Waals surface area contributed by atoms with Crippen LogP contribution in [-0.2, 0) is 13.0 Å². The van der Waals surface area contributed by atoms with Crippen molar-refractivity contribution < 1.29 is 0 Å². The molecule has 5 rings (SSSR count). The maximum Gasteiger partial charge on any atom is 0.119 e. The second-order valence-corrected chi connectivity index (χ2v) is 7.07. The van der Waals surface area contributed by atoms with E-state index in [1.807, 2.05) is 42.7 Å². The molecule has 0 spiro atoms. The summed E-state index contributed by atoms with van der Waals surface area (Å²) < 4.78 is 2.13. The van der Waals surface area contributed by atoms with Crippen molar-refractivity contribution in [2.45, 2.75) is 24.3 Å². The summed E-state index contributed by atoms with van der Waals surface area (Å²) >= 11 is 1.24. The Balaban J connectivity index is 1.80. The Hall–Kier alpha value is -2.70. The van der Waals surface area contributed by atoms with Gasteiger partial charge in [0.05, 0.1) is 11.2 Å². The van der Waals surface area contributed by atoms with Gasteiger partial charge < -0.3 is 0 Å². The van der Waals surface area contributed by atoms with Crippen LogP contribution in [0, 0.1) is 0 Å². The molecule has 26 heavy (non-hydrogen) atoms. The largest absolute Gasteiger partial charge is 0.274 e. The van der Waals surface area contributed by atoms with Gasteiger partial charge in [0.2, 0.25) is 0 Å². The van der Waals surface area contributed by atoms with Crippen molar-refractivity contribution in [2.75, 3.05) is 0 Å². The standard InChI is InChI=1S/C20H17N5S/c21-26-13-6-7-14-15(8-10-23-17(14)12-13)19-18-5-3-11-25(18)24-20(19)16-4-1-2-9-22-16/h1-2,4,6-10,12H,3,5,11,21H2. The highest BCUT2D eigenvalue weighted by Crippen LogP contribution is 2.39. The molecule has 1 aliphatic rings. The quantitative estimate of drug-likeness (QED) is 0.558. The van der Waals surface area contributed by atoms with Gasteiger partial charge in [0.25, 0.3) is 0 Å². The summed E-state index contributed by atoms with van der Waals surface area (Å²) in [5, 5.41) is 11.7. The van der Waals surface area contributed by atoms with Gasteiger partial charge in [-0.3, -0.25) is 19.8 Å². The average molecular weight is 359 g/mol. The van der Waals surface area contributed by atoms with Crippen molar-refractivity contribution in [3.63, 3.8) is 0 Å². The normalized spacial score (nSPS) is 13.3. The van der Waals surface area contributed by atoms with Crippen LogP contribution in [-0.4, -0.2) is 19.7 Å². The van der Waals surface area contributed by atoms with Crippen LogP contribution in [0.1, 0.15) is 12.1 Å². The third-order valence-corrected chi connectivity index (χ3v) is 5.39. The molecule has 5 nitrogen and oxygen atoms in total. The molecule has 1 aromatic carbocycles. The second kappa shape index (κ2) is 6.23. The zero-order valence-electron chi connectivity index (χ0n) is 14.1. The van der Waals surface area contributed by atoms with Crippen LogP contribution in [0.15, 0.2) is 59.8 Å². The van der Waals surface area contributed by atoms with Gasteiger partial charge in [0, 0.05) is 40.5 Å². The summed E-state index contributed by atoms with van der Waals surface area (Å²) in [6.45, 7) is 0.964. The first kappa shape index (κ1) is 15.5. The molecule has 0 amide bonds. The summed E-state index contributed by atoms with van der Waals surface area (Å²) in [4.78, 5) is 10.1. The second-order valence-electron chi connectivity index (χ2n) is 6.37. The van der Waals surface area contributed by atoms with Crippen molar-refractivity contribution in [2.24, 2.45) is 5.14 Å². The maximum absolute atomic E-state index is 5.71. The summed E-state index contributed by atoms with van der Waals surface area (Å²) in [5.74, 6) is 0. The molecule has 0 unspecified atom stereocenters. The highest BCUT2D eigenvalue weighted by atomic mass is 32.2. The van der Waals surface area contributed by atoms with Crippen molar-refractivity contribution >= 4 is 22.9 Å². The number of hydrogen-bond donors (Lipinski definition) is 1. The van der Waals surface area contributed by atoms with Crippen LogP contribution in [0.25, 0.3) is 33.4 Å². The van der Waals surface area contributed by atoms with Crippen molar-refractivity contribution in [3.8, 4) is 22.5 Å². The number of aryl methyl sites for hydroxylation is 1. The number of nitrogens with zero attached hydrogens (tertiary/aromatic N) is 4. The Bertz CT molecular complexity index is 1100. The van der Waals surface area contributed by atoms with E-state index in [-0.39, 0.29) is 0 Å². The van der Waals surface area contributed by atoms with Gasteiger partial charge in [0.1, 0.15) is 5.69 Å². The van der Waals surface area contributed by atoms with Gasteiger partial charge >= 0.3 is 0 Å². The first-order chi connectivity index (χ1) is 12.8. The van der Waals surface area contributed by atoms with Crippen molar-refractivity contribution in [1.29, 1.82) is 0 Å². The molecule has 3 aromatic heterocycles. The fourth-order valence-corrected chi connectivity index (χ4v) is 4.04. The Morgan fingerprint density at radius 2 is 2.00 bits per heavy atom. The van der Waals surface area contributed by atoms with E-state index in [1.54, 1.807) is 0 Å². The SMILES string of the molecule is NSc1ccc2c(-c3c(-c4ccccn4)nn4c3CCC4)ccnc2c1. The van der Waals surface area contributed by atoms with Gasteiger partial charge in [-0.1, -0.05) is 12.1 Å². The van der Waals surface area contributed by atoms with E-state index in [1.165, 1.54) is 23.2 Å². The topological polar surface area (TPSA) is 69.6 Å². The molecular formula is C20H17N5S.